The van der Waals surface area contributed by atoms with E-state index in [9.17, 15) is 0 Å². The zero-order valence-electron chi connectivity index (χ0n) is 13.4. The summed E-state index contributed by atoms with van der Waals surface area (Å²) in [5, 5.41) is 12.4. The van der Waals surface area contributed by atoms with Crippen molar-refractivity contribution in [2.75, 3.05) is 0 Å². The molecule has 0 aliphatic heterocycles. The highest BCUT2D eigenvalue weighted by atomic mass is 16.5. The Morgan fingerprint density at radius 1 is 1.10 bits per heavy atom. The normalized spacial score (nSPS) is 14.7. The number of aryl methyl sites for hydroxylation is 4. The van der Waals surface area contributed by atoms with E-state index < -0.39 is 0 Å². The summed E-state index contributed by atoms with van der Waals surface area (Å²) < 4.78 is 9.83. The number of nitrogens with zero attached hydrogens (tertiary/aromatic N) is 4. The van der Waals surface area contributed by atoms with Gasteiger partial charge in [0.05, 0.1) is 17.0 Å². The summed E-state index contributed by atoms with van der Waals surface area (Å²) in [6, 6.07) is 0.666. The van der Waals surface area contributed by atoms with Crippen LogP contribution in [0.2, 0.25) is 0 Å². The zero-order chi connectivity index (χ0) is 15.1. The second-order valence-electron chi connectivity index (χ2n) is 5.87. The molecule has 0 atom stereocenters. The Morgan fingerprint density at radius 3 is 2.33 bits per heavy atom. The van der Waals surface area contributed by atoms with Gasteiger partial charge in [0.15, 0.2) is 5.75 Å². The summed E-state index contributed by atoms with van der Waals surface area (Å²) in [6.07, 6.45) is 2.55. The summed E-state index contributed by atoms with van der Waals surface area (Å²) in [6.45, 7) is 6.81. The predicted octanol–water partition coefficient (Wildman–Crippen LogP) is 2.12. The lowest BCUT2D eigenvalue weighted by Crippen LogP contribution is -2.16. The van der Waals surface area contributed by atoms with Gasteiger partial charge in [-0.2, -0.15) is 10.2 Å². The summed E-state index contributed by atoms with van der Waals surface area (Å²) in [5.41, 5.74) is 4.06. The Hall–Kier alpha value is -1.82. The van der Waals surface area contributed by atoms with Gasteiger partial charge in [-0.3, -0.25) is 4.68 Å². The molecule has 6 heteroatoms. The molecule has 1 N–H and O–H groups in total. The average molecular weight is 289 g/mol. The Balaban J connectivity index is 1.89. The molecule has 2 aromatic rings. The Kier molecular flexibility index (Phi) is 3.49. The van der Waals surface area contributed by atoms with Crippen LogP contribution < -0.4 is 10.1 Å². The third-order valence-electron chi connectivity index (χ3n) is 4.08. The molecule has 3 rings (SSSR count). The van der Waals surface area contributed by atoms with Crippen molar-refractivity contribution in [1.29, 1.82) is 0 Å². The van der Waals surface area contributed by atoms with Gasteiger partial charge in [-0.1, -0.05) is 0 Å². The molecule has 1 fully saturated rings. The minimum atomic E-state index is 0.666. The summed E-state index contributed by atoms with van der Waals surface area (Å²) in [4.78, 5) is 0. The molecule has 0 saturated heterocycles. The van der Waals surface area contributed by atoms with Gasteiger partial charge in [-0.05, 0) is 33.6 Å². The first-order valence-electron chi connectivity index (χ1n) is 7.41. The highest BCUT2D eigenvalue weighted by molar-refractivity contribution is 5.39. The lowest BCUT2D eigenvalue weighted by molar-refractivity contribution is 0.418. The van der Waals surface area contributed by atoms with Gasteiger partial charge >= 0.3 is 0 Å². The number of aromatic nitrogens is 4. The van der Waals surface area contributed by atoms with Crippen molar-refractivity contribution in [3.8, 4) is 11.6 Å². The first-order valence-corrected chi connectivity index (χ1v) is 7.41. The van der Waals surface area contributed by atoms with Crippen LogP contribution in [0.5, 0.6) is 11.6 Å². The second-order valence-corrected chi connectivity index (χ2v) is 5.87. The van der Waals surface area contributed by atoms with Crippen LogP contribution in [0.1, 0.15) is 35.5 Å². The van der Waals surface area contributed by atoms with E-state index >= 15 is 0 Å². The first kappa shape index (κ1) is 14.1. The number of ether oxygens (including phenoxy) is 1. The van der Waals surface area contributed by atoms with Crippen LogP contribution in [0.4, 0.5) is 0 Å². The van der Waals surface area contributed by atoms with Gasteiger partial charge in [0.2, 0.25) is 5.88 Å². The quantitative estimate of drug-likeness (QED) is 0.916. The third kappa shape index (κ3) is 2.68. The first-order chi connectivity index (χ1) is 9.97. The number of nitrogens with one attached hydrogen (secondary N) is 1. The van der Waals surface area contributed by atoms with Crippen LogP contribution in [0.25, 0.3) is 0 Å². The van der Waals surface area contributed by atoms with Crippen LogP contribution >= 0.6 is 0 Å². The molecule has 0 aromatic carbocycles. The molecule has 0 bridgehead atoms. The molecule has 0 radical (unpaired) electrons. The van der Waals surface area contributed by atoms with Gasteiger partial charge in [-0.25, -0.2) is 4.68 Å². The lowest BCUT2D eigenvalue weighted by Gasteiger charge is -2.10. The molecule has 2 heterocycles. The maximum absolute atomic E-state index is 6.17. The fourth-order valence-electron chi connectivity index (χ4n) is 2.54. The van der Waals surface area contributed by atoms with E-state index in [4.69, 9.17) is 4.74 Å². The van der Waals surface area contributed by atoms with Gasteiger partial charge in [-0.15, -0.1) is 0 Å². The van der Waals surface area contributed by atoms with Gasteiger partial charge in [0.1, 0.15) is 5.69 Å². The van der Waals surface area contributed by atoms with Crippen LogP contribution in [0.3, 0.4) is 0 Å². The van der Waals surface area contributed by atoms with Crippen molar-refractivity contribution in [2.24, 2.45) is 14.1 Å². The van der Waals surface area contributed by atoms with Gasteiger partial charge in [0, 0.05) is 26.7 Å². The fraction of sp³-hybridized carbons (Fsp3) is 0.600. The van der Waals surface area contributed by atoms with Crippen molar-refractivity contribution in [3.05, 3.63) is 22.6 Å². The predicted molar refractivity (Wildman–Crippen MR) is 80.6 cm³/mol. The monoisotopic (exact) mass is 289 g/mol. The largest absolute Gasteiger partial charge is 0.435 e. The minimum Gasteiger partial charge on any atom is -0.435 e. The topological polar surface area (TPSA) is 56.9 Å². The lowest BCUT2D eigenvalue weighted by atomic mass is 10.2. The number of rotatable bonds is 5. The highest BCUT2D eigenvalue weighted by Gasteiger charge is 2.24. The molecule has 0 amide bonds. The van der Waals surface area contributed by atoms with Gasteiger partial charge < -0.3 is 10.1 Å². The van der Waals surface area contributed by atoms with Crippen molar-refractivity contribution in [1.82, 2.24) is 24.9 Å². The summed E-state index contributed by atoms with van der Waals surface area (Å²) in [5.74, 6) is 1.63. The molecule has 6 nitrogen and oxygen atoms in total. The fourth-order valence-corrected chi connectivity index (χ4v) is 2.54. The smallest absolute Gasteiger partial charge is 0.222 e. The van der Waals surface area contributed by atoms with E-state index in [0.717, 1.165) is 40.8 Å². The van der Waals surface area contributed by atoms with Crippen molar-refractivity contribution >= 4 is 0 Å². The van der Waals surface area contributed by atoms with Crippen LogP contribution in [0.15, 0.2) is 0 Å². The Morgan fingerprint density at radius 2 is 1.76 bits per heavy atom. The number of hydrogen-bond donors (Lipinski definition) is 1. The molecule has 0 unspecified atom stereocenters. The van der Waals surface area contributed by atoms with Crippen LogP contribution in [0, 0.1) is 20.8 Å². The maximum atomic E-state index is 6.17. The van der Waals surface area contributed by atoms with Gasteiger partial charge in [0.25, 0.3) is 0 Å². The minimum absolute atomic E-state index is 0.666. The van der Waals surface area contributed by atoms with Crippen molar-refractivity contribution in [3.63, 3.8) is 0 Å². The van der Waals surface area contributed by atoms with E-state index in [0.29, 0.717) is 6.04 Å². The average Bonchev–Trinajstić information content (AvgIpc) is 3.16. The molecular formula is C15H23N5O. The third-order valence-corrected chi connectivity index (χ3v) is 4.08. The molecule has 2 aromatic heterocycles. The molecular weight excluding hydrogens is 266 g/mol. The molecule has 0 spiro atoms. The van der Waals surface area contributed by atoms with E-state index in [1.165, 1.54) is 12.8 Å². The molecule has 1 aliphatic carbocycles. The summed E-state index contributed by atoms with van der Waals surface area (Å²) >= 11 is 0. The van der Waals surface area contributed by atoms with E-state index in [1.807, 2.05) is 44.2 Å². The maximum Gasteiger partial charge on any atom is 0.222 e. The van der Waals surface area contributed by atoms with Crippen LogP contribution in [-0.2, 0) is 20.6 Å². The molecule has 1 saturated carbocycles. The number of hydrogen-bond acceptors (Lipinski definition) is 4. The Labute approximate surface area is 125 Å². The molecule has 21 heavy (non-hydrogen) atoms. The zero-order valence-corrected chi connectivity index (χ0v) is 13.4. The van der Waals surface area contributed by atoms with Crippen molar-refractivity contribution < 1.29 is 4.74 Å². The van der Waals surface area contributed by atoms with Crippen LogP contribution in [-0.4, -0.2) is 25.6 Å². The highest BCUT2D eigenvalue weighted by Crippen LogP contribution is 2.32. The van der Waals surface area contributed by atoms with E-state index in [-0.39, 0.29) is 0 Å². The standard InChI is InChI=1S/C15H23N5O/c1-9-13(8-16-12-6-7-12)15(20(5)17-9)21-14-10(2)18-19(4)11(14)3/h12,16H,6-8H2,1-5H3. The molecule has 114 valence electrons. The Bertz CT molecular complexity index is 666. The SMILES string of the molecule is Cc1nn(C)c(Oc2c(C)nn(C)c2C)c1CNC1CC1. The van der Waals surface area contributed by atoms with Crippen molar-refractivity contribution in [2.45, 2.75) is 46.2 Å². The summed E-state index contributed by atoms with van der Waals surface area (Å²) in [7, 11) is 3.85. The molecule has 1 aliphatic rings. The second kappa shape index (κ2) is 5.18. The van der Waals surface area contributed by atoms with E-state index in [1.54, 1.807) is 0 Å². The van der Waals surface area contributed by atoms with E-state index in [2.05, 4.69) is 15.5 Å².